The lowest BCUT2D eigenvalue weighted by Crippen LogP contribution is -2.52. The van der Waals surface area contributed by atoms with Gasteiger partial charge in [0, 0.05) is 13.1 Å². The number of hydrogen-bond donors (Lipinski definition) is 0. The number of esters is 1. The van der Waals surface area contributed by atoms with Crippen LogP contribution in [0, 0.1) is 0 Å². The van der Waals surface area contributed by atoms with Gasteiger partial charge in [0.15, 0.2) is 0 Å². The van der Waals surface area contributed by atoms with E-state index in [1.54, 1.807) is 31.2 Å². The number of morpholine rings is 1. The van der Waals surface area contributed by atoms with Gasteiger partial charge in [-0.1, -0.05) is 0 Å². The fourth-order valence-corrected chi connectivity index (χ4v) is 3.61. The number of anilines is 1. The van der Waals surface area contributed by atoms with Crippen molar-refractivity contribution in [2.24, 2.45) is 0 Å². The van der Waals surface area contributed by atoms with Crippen molar-refractivity contribution in [3.8, 4) is 0 Å². The normalized spacial score (nSPS) is 27.0. The van der Waals surface area contributed by atoms with Crippen LogP contribution >= 0.6 is 0 Å². The van der Waals surface area contributed by atoms with Gasteiger partial charge in [0.1, 0.15) is 0 Å². The van der Waals surface area contributed by atoms with Crippen molar-refractivity contribution in [1.29, 1.82) is 0 Å². The lowest BCUT2D eigenvalue weighted by molar-refractivity contribution is -0.127. The molecule has 2 aliphatic heterocycles. The molecule has 3 atom stereocenters. The van der Waals surface area contributed by atoms with E-state index in [0.29, 0.717) is 30.9 Å². The molecule has 7 nitrogen and oxygen atoms in total. The Morgan fingerprint density at radius 1 is 1.15 bits per heavy atom. The number of hydrogen-bond acceptors (Lipinski definition) is 6. The maximum absolute atomic E-state index is 12.9. The minimum Gasteiger partial charge on any atom is -0.462 e. The molecule has 2 amide bonds. The van der Waals surface area contributed by atoms with Gasteiger partial charge >= 0.3 is 5.97 Å². The number of benzene rings is 1. The second-order valence-electron chi connectivity index (χ2n) is 6.77. The summed E-state index contributed by atoms with van der Waals surface area (Å²) in [7, 11) is 0. The first-order chi connectivity index (χ1) is 12.4. The monoisotopic (exact) mass is 360 g/mol. The first-order valence-corrected chi connectivity index (χ1v) is 8.94. The van der Waals surface area contributed by atoms with Crippen LogP contribution in [0.15, 0.2) is 24.3 Å². The summed E-state index contributed by atoms with van der Waals surface area (Å²) in [5.74, 6) is -0.872. The third-order valence-electron chi connectivity index (χ3n) is 4.65. The zero-order valence-electron chi connectivity index (χ0n) is 15.3. The molecule has 0 aromatic heterocycles. The van der Waals surface area contributed by atoms with Crippen LogP contribution in [0.4, 0.5) is 5.69 Å². The molecule has 1 aromatic carbocycles. The lowest BCUT2D eigenvalue weighted by atomic mass is 10.1. The SMILES string of the molecule is CCOC(=O)c1ccc(N2C(=O)CC(N3C[C@@H](C)O[C@H](C)C3)C2=O)cc1. The molecule has 1 unspecified atom stereocenters. The molecule has 0 bridgehead atoms. The highest BCUT2D eigenvalue weighted by atomic mass is 16.5. The van der Waals surface area contributed by atoms with E-state index in [1.165, 1.54) is 4.90 Å². The van der Waals surface area contributed by atoms with E-state index >= 15 is 0 Å². The number of nitrogens with zero attached hydrogens (tertiary/aromatic N) is 2. The molecule has 2 aliphatic rings. The van der Waals surface area contributed by atoms with Crippen LogP contribution in [-0.4, -0.2) is 60.6 Å². The van der Waals surface area contributed by atoms with Gasteiger partial charge in [0.05, 0.1) is 42.5 Å². The quantitative estimate of drug-likeness (QED) is 0.600. The van der Waals surface area contributed by atoms with Crippen molar-refractivity contribution in [3.63, 3.8) is 0 Å². The Labute approximate surface area is 152 Å². The van der Waals surface area contributed by atoms with Crippen LogP contribution in [-0.2, 0) is 19.1 Å². The number of amides is 2. The smallest absolute Gasteiger partial charge is 0.338 e. The summed E-state index contributed by atoms with van der Waals surface area (Å²) in [5, 5.41) is 0. The zero-order chi connectivity index (χ0) is 18.8. The molecule has 0 aliphatic carbocycles. The number of ether oxygens (including phenoxy) is 2. The van der Waals surface area contributed by atoms with Crippen molar-refractivity contribution in [3.05, 3.63) is 29.8 Å². The Morgan fingerprint density at radius 2 is 1.77 bits per heavy atom. The summed E-state index contributed by atoms with van der Waals surface area (Å²) in [4.78, 5) is 40.3. The van der Waals surface area contributed by atoms with Gasteiger partial charge in [-0.2, -0.15) is 0 Å². The van der Waals surface area contributed by atoms with Crippen LogP contribution in [0.3, 0.4) is 0 Å². The molecule has 0 N–H and O–H groups in total. The predicted molar refractivity (Wildman–Crippen MR) is 94.9 cm³/mol. The van der Waals surface area contributed by atoms with E-state index in [-0.39, 0.29) is 30.4 Å². The molecule has 2 saturated heterocycles. The minimum atomic E-state index is -0.457. The summed E-state index contributed by atoms with van der Waals surface area (Å²) >= 11 is 0. The van der Waals surface area contributed by atoms with Crippen LogP contribution in [0.1, 0.15) is 37.6 Å². The maximum Gasteiger partial charge on any atom is 0.338 e. The molecule has 0 saturated carbocycles. The van der Waals surface area contributed by atoms with E-state index in [2.05, 4.69) is 0 Å². The van der Waals surface area contributed by atoms with E-state index in [9.17, 15) is 14.4 Å². The summed E-state index contributed by atoms with van der Waals surface area (Å²) < 4.78 is 10.7. The Hall–Kier alpha value is -2.25. The Balaban J connectivity index is 1.76. The van der Waals surface area contributed by atoms with Gasteiger partial charge in [-0.3, -0.25) is 14.5 Å². The molecule has 7 heteroatoms. The summed E-state index contributed by atoms with van der Waals surface area (Å²) in [5.41, 5.74) is 0.868. The average Bonchev–Trinajstić information content (AvgIpc) is 2.89. The van der Waals surface area contributed by atoms with Crippen molar-refractivity contribution in [1.82, 2.24) is 4.90 Å². The maximum atomic E-state index is 12.9. The van der Waals surface area contributed by atoms with Gasteiger partial charge in [0.25, 0.3) is 5.91 Å². The summed E-state index contributed by atoms with van der Waals surface area (Å²) in [6.45, 7) is 7.22. The minimum absolute atomic E-state index is 0.0274. The van der Waals surface area contributed by atoms with Gasteiger partial charge < -0.3 is 9.47 Å². The lowest BCUT2D eigenvalue weighted by Gasteiger charge is -2.37. The zero-order valence-corrected chi connectivity index (χ0v) is 15.3. The van der Waals surface area contributed by atoms with Crippen LogP contribution in [0.25, 0.3) is 0 Å². The fourth-order valence-electron chi connectivity index (χ4n) is 3.61. The molecular formula is C19H24N2O5. The highest BCUT2D eigenvalue weighted by Gasteiger charge is 2.44. The Bertz CT molecular complexity index is 692. The molecule has 0 spiro atoms. The second kappa shape index (κ2) is 7.55. The summed E-state index contributed by atoms with van der Waals surface area (Å²) in [6.07, 6.45) is 0.219. The van der Waals surface area contributed by atoms with E-state index < -0.39 is 12.0 Å². The first-order valence-electron chi connectivity index (χ1n) is 8.94. The highest BCUT2D eigenvalue weighted by molar-refractivity contribution is 6.22. The molecular weight excluding hydrogens is 336 g/mol. The molecule has 2 heterocycles. The van der Waals surface area contributed by atoms with Crippen LogP contribution < -0.4 is 4.90 Å². The Morgan fingerprint density at radius 3 is 2.35 bits per heavy atom. The second-order valence-corrected chi connectivity index (χ2v) is 6.77. The molecule has 1 aromatic rings. The Kier molecular flexibility index (Phi) is 5.38. The van der Waals surface area contributed by atoms with Gasteiger partial charge in [0.2, 0.25) is 5.91 Å². The predicted octanol–water partition coefficient (Wildman–Crippen LogP) is 1.60. The fraction of sp³-hybridized carbons (Fsp3) is 0.526. The molecule has 0 radical (unpaired) electrons. The van der Waals surface area contributed by atoms with Gasteiger partial charge in [-0.15, -0.1) is 0 Å². The number of imide groups is 1. The average molecular weight is 360 g/mol. The third kappa shape index (κ3) is 3.64. The van der Waals surface area contributed by atoms with Gasteiger partial charge in [-0.25, -0.2) is 9.69 Å². The van der Waals surface area contributed by atoms with E-state index in [0.717, 1.165) is 0 Å². The molecule has 26 heavy (non-hydrogen) atoms. The topological polar surface area (TPSA) is 76.2 Å². The van der Waals surface area contributed by atoms with Crippen LogP contribution in [0.5, 0.6) is 0 Å². The van der Waals surface area contributed by atoms with Crippen LogP contribution in [0.2, 0.25) is 0 Å². The van der Waals surface area contributed by atoms with Crippen molar-refractivity contribution < 1.29 is 23.9 Å². The standard InChI is InChI=1S/C19H24N2O5/c1-4-25-19(24)14-5-7-15(8-6-14)21-17(22)9-16(18(21)23)20-10-12(2)26-13(3)11-20/h5-8,12-13,16H,4,9-11H2,1-3H3/t12-,13-,16?/m1/s1. The highest BCUT2D eigenvalue weighted by Crippen LogP contribution is 2.28. The van der Waals surface area contributed by atoms with Crippen molar-refractivity contribution in [2.45, 2.75) is 45.4 Å². The largest absolute Gasteiger partial charge is 0.462 e. The number of rotatable bonds is 4. The van der Waals surface area contributed by atoms with E-state index in [4.69, 9.17) is 9.47 Å². The first kappa shape index (κ1) is 18.5. The molecule has 140 valence electrons. The summed E-state index contributed by atoms with van der Waals surface area (Å²) in [6, 6.07) is 5.89. The molecule has 2 fully saturated rings. The number of carbonyl (C=O) groups is 3. The number of carbonyl (C=O) groups excluding carboxylic acids is 3. The third-order valence-corrected chi connectivity index (χ3v) is 4.65. The van der Waals surface area contributed by atoms with Crippen molar-refractivity contribution >= 4 is 23.5 Å². The molecule has 3 rings (SSSR count). The van der Waals surface area contributed by atoms with Gasteiger partial charge in [-0.05, 0) is 45.0 Å². The van der Waals surface area contributed by atoms with E-state index in [1.807, 2.05) is 18.7 Å². The van der Waals surface area contributed by atoms with Crippen molar-refractivity contribution in [2.75, 3.05) is 24.6 Å².